The van der Waals surface area contributed by atoms with Gasteiger partial charge in [0.15, 0.2) is 5.11 Å². The second-order valence-corrected chi connectivity index (χ2v) is 6.16. The van der Waals surface area contributed by atoms with Crippen molar-refractivity contribution in [2.24, 2.45) is 0 Å². The van der Waals surface area contributed by atoms with Crippen LogP contribution in [-0.4, -0.2) is 19.9 Å². The zero-order chi connectivity index (χ0) is 17.8. The van der Waals surface area contributed by atoms with Crippen molar-refractivity contribution in [2.45, 2.75) is 20.4 Å². The van der Waals surface area contributed by atoms with Crippen LogP contribution in [0.2, 0.25) is 0 Å². The van der Waals surface area contributed by atoms with E-state index in [0.717, 1.165) is 16.8 Å². The van der Waals surface area contributed by atoms with E-state index in [2.05, 4.69) is 20.7 Å². The first kappa shape index (κ1) is 17.0. The number of anilines is 2. The molecular weight excluding hydrogens is 337 g/mol. The Morgan fingerprint density at radius 1 is 1.16 bits per heavy atom. The minimum Gasteiger partial charge on any atom is -0.332 e. The van der Waals surface area contributed by atoms with E-state index >= 15 is 0 Å². The van der Waals surface area contributed by atoms with E-state index < -0.39 is 0 Å². The van der Waals surface area contributed by atoms with Gasteiger partial charge in [0.05, 0.1) is 6.54 Å². The molecule has 0 aliphatic rings. The number of hydrogen-bond donors (Lipinski definition) is 2. The Balaban J connectivity index is 1.64. The van der Waals surface area contributed by atoms with E-state index in [1.807, 2.05) is 32.0 Å². The van der Waals surface area contributed by atoms with Crippen LogP contribution in [0, 0.1) is 19.7 Å². The first-order valence-corrected chi connectivity index (χ1v) is 8.20. The number of aryl methyl sites for hydroxylation is 2. The highest BCUT2D eigenvalue weighted by Crippen LogP contribution is 2.16. The Morgan fingerprint density at radius 2 is 1.96 bits per heavy atom. The van der Waals surface area contributed by atoms with Crippen LogP contribution >= 0.6 is 12.2 Å². The summed E-state index contributed by atoms with van der Waals surface area (Å²) in [6.07, 6.45) is 1.54. The molecule has 0 aliphatic carbocycles. The van der Waals surface area contributed by atoms with E-state index in [1.165, 1.54) is 12.4 Å². The lowest BCUT2D eigenvalue weighted by atomic mass is 10.1. The van der Waals surface area contributed by atoms with Gasteiger partial charge in [-0.3, -0.25) is 5.32 Å². The van der Waals surface area contributed by atoms with Crippen molar-refractivity contribution in [3.8, 4) is 0 Å². The van der Waals surface area contributed by atoms with Crippen LogP contribution in [-0.2, 0) is 6.54 Å². The Hall–Kier alpha value is -2.80. The normalized spacial score (nSPS) is 10.5. The van der Waals surface area contributed by atoms with Gasteiger partial charge in [-0.05, 0) is 49.3 Å². The molecule has 25 heavy (non-hydrogen) atoms. The zero-order valence-corrected chi connectivity index (χ0v) is 14.8. The first-order chi connectivity index (χ1) is 12.0. The fourth-order valence-corrected chi connectivity index (χ4v) is 2.56. The van der Waals surface area contributed by atoms with Gasteiger partial charge in [0.25, 0.3) is 0 Å². The quantitative estimate of drug-likeness (QED) is 0.696. The molecule has 1 heterocycles. The zero-order valence-electron chi connectivity index (χ0n) is 14.0. The summed E-state index contributed by atoms with van der Waals surface area (Å²) < 4.78 is 15.3. The molecule has 0 amide bonds. The van der Waals surface area contributed by atoms with Crippen molar-refractivity contribution in [2.75, 3.05) is 10.6 Å². The summed E-state index contributed by atoms with van der Waals surface area (Å²) in [4.78, 5) is 4.15. The van der Waals surface area contributed by atoms with Crippen molar-refractivity contribution in [1.29, 1.82) is 0 Å². The van der Waals surface area contributed by atoms with Gasteiger partial charge >= 0.3 is 0 Å². The average Bonchev–Trinajstić information content (AvgIpc) is 3.00. The van der Waals surface area contributed by atoms with Gasteiger partial charge in [-0.15, -0.1) is 5.10 Å². The van der Waals surface area contributed by atoms with Crippen LogP contribution in [0.5, 0.6) is 0 Å². The molecule has 5 nitrogen and oxygen atoms in total. The highest BCUT2D eigenvalue weighted by atomic mass is 32.1. The van der Waals surface area contributed by atoms with Crippen LogP contribution in [0.25, 0.3) is 0 Å². The SMILES string of the molecule is Cc1ccc(C)c(NC(=S)Nc2ncn(Cc3ccccc3F)n2)c1. The van der Waals surface area contributed by atoms with Crippen molar-refractivity contribution in [3.63, 3.8) is 0 Å². The van der Waals surface area contributed by atoms with Crippen molar-refractivity contribution >= 4 is 29.0 Å². The van der Waals surface area contributed by atoms with Crippen LogP contribution in [0.15, 0.2) is 48.8 Å². The molecule has 2 aromatic carbocycles. The van der Waals surface area contributed by atoms with Gasteiger partial charge in [-0.25, -0.2) is 14.1 Å². The number of rotatable bonds is 4. The molecule has 0 fully saturated rings. The maximum Gasteiger partial charge on any atom is 0.248 e. The largest absolute Gasteiger partial charge is 0.332 e. The number of benzene rings is 2. The maximum atomic E-state index is 13.7. The summed E-state index contributed by atoms with van der Waals surface area (Å²) in [5, 5.41) is 10.7. The molecular formula is C18H18FN5S. The third-order valence-electron chi connectivity index (χ3n) is 3.69. The van der Waals surface area contributed by atoms with E-state index in [1.54, 1.807) is 22.9 Å². The van der Waals surface area contributed by atoms with Crippen LogP contribution in [0.3, 0.4) is 0 Å². The lowest BCUT2D eigenvalue weighted by molar-refractivity contribution is 0.585. The Bertz CT molecular complexity index is 906. The molecule has 3 rings (SSSR count). The highest BCUT2D eigenvalue weighted by Gasteiger charge is 2.07. The van der Waals surface area contributed by atoms with Gasteiger partial charge in [0.2, 0.25) is 5.95 Å². The number of hydrogen-bond acceptors (Lipinski definition) is 3. The molecule has 0 atom stereocenters. The summed E-state index contributed by atoms with van der Waals surface area (Å²) in [5.74, 6) is 0.0961. The van der Waals surface area contributed by atoms with Crippen molar-refractivity contribution < 1.29 is 4.39 Å². The van der Waals surface area contributed by atoms with Gasteiger partial charge in [-0.1, -0.05) is 30.3 Å². The first-order valence-electron chi connectivity index (χ1n) is 7.79. The predicted molar refractivity (Wildman–Crippen MR) is 101 cm³/mol. The Labute approximate surface area is 150 Å². The number of halogens is 1. The van der Waals surface area contributed by atoms with Gasteiger partial charge in [-0.2, -0.15) is 0 Å². The second kappa shape index (κ2) is 7.40. The van der Waals surface area contributed by atoms with E-state index in [-0.39, 0.29) is 5.82 Å². The second-order valence-electron chi connectivity index (χ2n) is 5.75. The smallest absolute Gasteiger partial charge is 0.248 e. The maximum absolute atomic E-state index is 13.7. The Kier molecular flexibility index (Phi) is 5.04. The fraction of sp³-hybridized carbons (Fsp3) is 0.167. The van der Waals surface area contributed by atoms with Crippen LogP contribution in [0.1, 0.15) is 16.7 Å². The molecule has 3 aromatic rings. The topological polar surface area (TPSA) is 54.8 Å². The van der Waals surface area contributed by atoms with Gasteiger partial charge in [0, 0.05) is 11.3 Å². The molecule has 1 aromatic heterocycles. The monoisotopic (exact) mass is 355 g/mol. The van der Waals surface area contributed by atoms with Gasteiger partial charge in [0.1, 0.15) is 12.1 Å². The predicted octanol–water partition coefficient (Wildman–Crippen LogP) is 3.89. The lowest BCUT2D eigenvalue weighted by Crippen LogP contribution is -2.20. The molecule has 2 N–H and O–H groups in total. The summed E-state index contributed by atoms with van der Waals surface area (Å²) in [6.45, 7) is 4.33. The fourth-order valence-electron chi connectivity index (χ4n) is 2.35. The minimum atomic E-state index is -0.264. The number of nitrogens with one attached hydrogen (secondary N) is 2. The van der Waals surface area contributed by atoms with Crippen LogP contribution in [0.4, 0.5) is 16.0 Å². The summed E-state index contributed by atoms with van der Waals surface area (Å²) in [5.41, 5.74) is 3.72. The minimum absolute atomic E-state index is 0.264. The molecule has 0 saturated carbocycles. The molecule has 0 radical (unpaired) electrons. The summed E-state index contributed by atoms with van der Waals surface area (Å²) in [6, 6.07) is 12.7. The molecule has 0 aliphatic heterocycles. The number of aromatic nitrogens is 3. The molecule has 0 unspecified atom stereocenters. The van der Waals surface area contributed by atoms with Gasteiger partial charge < -0.3 is 5.32 Å². The van der Waals surface area contributed by atoms with E-state index in [9.17, 15) is 4.39 Å². The highest BCUT2D eigenvalue weighted by molar-refractivity contribution is 7.80. The lowest BCUT2D eigenvalue weighted by Gasteiger charge is -2.11. The van der Waals surface area contributed by atoms with E-state index in [4.69, 9.17) is 12.2 Å². The van der Waals surface area contributed by atoms with Crippen molar-refractivity contribution in [3.05, 3.63) is 71.3 Å². The third kappa shape index (κ3) is 4.39. The van der Waals surface area contributed by atoms with E-state index in [0.29, 0.717) is 23.2 Å². The Morgan fingerprint density at radius 3 is 2.76 bits per heavy atom. The van der Waals surface area contributed by atoms with Crippen molar-refractivity contribution in [1.82, 2.24) is 14.8 Å². The summed E-state index contributed by atoms with van der Waals surface area (Å²) in [7, 11) is 0. The molecule has 7 heteroatoms. The third-order valence-corrected chi connectivity index (χ3v) is 3.90. The number of nitrogens with zero attached hydrogens (tertiary/aromatic N) is 3. The standard InChI is InChI=1S/C18H18FN5S/c1-12-7-8-13(2)16(9-12)21-18(25)22-17-20-11-24(23-17)10-14-5-3-4-6-15(14)19/h3-9,11H,10H2,1-2H3,(H2,21,22,23,25). The average molecular weight is 355 g/mol. The molecule has 0 spiro atoms. The molecule has 0 bridgehead atoms. The molecule has 0 saturated heterocycles. The summed E-state index contributed by atoms with van der Waals surface area (Å²) >= 11 is 5.31. The van der Waals surface area contributed by atoms with Crippen LogP contribution < -0.4 is 10.6 Å². The molecule has 128 valence electrons. The number of thiocarbonyl (C=S) groups is 1.